The number of piperazine rings is 1. The first-order chi connectivity index (χ1) is 17.8. The first kappa shape index (κ1) is 24.9. The Kier molecular flexibility index (Phi) is 6.90. The van der Waals surface area contributed by atoms with E-state index in [1.807, 2.05) is 17.0 Å². The molecule has 9 nitrogen and oxygen atoms in total. The fourth-order valence-electron chi connectivity index (χ4n) is 5.43. The zero-order valence-electron chi connectivity index (χ0n) is 21.5. The zero-order chi connectivity index (χ0) is 26.1. The van der Waals surface area contributed by atoms with E-state index in [1.54, 1.807) is 30.1 Å². The van der Waals surface area contributed by atoms with Crippen LogP contribution in [-0.2, 0) is 0 Å². The Hall–Kier alpha value is -3.82. The monoisotopic (exact) mass is 505 g/mol. The molecule has 1 aliphatic carbocycles. The van der Waals surface area contributed by atoms with Gasteiger partial charge in [-0.1, -0.05) is 12.8 Å². The number of carbonyl (C=O) groups excluding carboxylic acids is 1. The van der Waals surface area contributed by atoms with Gasteiger partial charge < -0.3 is 15.1 Å². The highest BCUT2D eigenvalue weighted by atomic mass is 19.1. The average Bonchev–Trinajstić information content (AvgIpc) is 3.39. The minimum Gasteiger partial charge on any atom is -0.372 e. The van der Waals surface area contributed by atoms with Crippen molar-refractivity contribution in [1.82, 2.24) is 24.4 Å². The molecule has 0 amide bonds. The van der Waals surface area contributed by atoms with Crippen LogP contribution in [0.25, 0.3) is 11.0 Å². The lowest BCUT2D eigenvalue weighted by atomic mass is 10.0. The van der Waals surface area contributed by atoms with Crippen LogP contribution >= 0.6 is 0 Å². The number of aryl methyl sites for hydroxylation is 1. The van der Waals surface area contributed by atoms with Gasteiger partial charge in [0.1, 0.15) is 17.3 Å². The molecule has 0 atom stereocenters. The number of aromatic nitrogens is 4. The summed E-state index contributed by atoms with van der Waals surface area (Å²) >= 11 is 0. The summed E-state index contributed by atoms with van der Waals surface area (Å²) in [5.74, 6) is 0.509. The SMILES string of the molecule is CC(=O)c1c(C)c2cnc(Nc3ccc(N4CCN(C=C(C)F)CC4)cn3)nc2n(C2CCCC2)c1=O. The molecule has 4 heterocycles. The van der Waals surface area contributed by atoms with Gasteiger partial charge in [0.05, 0.1) is 17.4 Å². The summed E-state index contributed by atoms with van der Waals surface area (Å²) in [6.45, 7) is 7.74. The van der Waals surface area contributed by atoms with E-state index in [1.165, 1.54) is 13.8 Å². The molecule has 10 heteroatoms. The van der Waals surface area contributed by atoms with Crippen LogP contribution in [0.4, 0.5) is 21.8 Å². The smallest absolute Gasteiger partial charge is 0.263 e. The van der Waals surface area contributed by atoms with Crippen molar-refractivity contribution in [3.05, 3.63) is 58.0 Å². The molecule has 5 rings (SSSR count). The molecule has 0 unspecified atom stereocenters. The van der Waals surface area contributed by atoms with Crippen molar-refractivity contribution in [2.24, 2.45) is 0 Å². The molecule has 2 aliphatic rings. The van der Waals surface area contributed by atoms with Crippen LogP contribution in [0.15, 0.2) is 41.3 Å². The molecule has 3 aromatic rings. The van der Waals surface area contributed by atoms with Gasteiger partial charge in [-0.3, -0.25) is 14.2 Å². The second-order valence-corrected chi connectivity index (χ2v) is 9.87. The number of pyridine rings is 2. The van der Waals surface area contributed by atoms with Gasteiger partial charge in [0.2, 0.25) is 5.95 Å². The van der Waals surface area contributed by atoms with E-state index >= 15 is 0 Å². The number of hydrogen-bond donors (Lipinski definition) is 1. The molecular weight excluding hydrogens is 473 g/mol. The Bertz CT molecular complexity index is 1400. The molecule has 1 aliphatic heterocycles. The van der Waals surface area contributed by atoms with Gasteiger partial charge in [0, 0.05) is 50.0 Å². The van der Waals surface area contributed by atoms with Crippen LogP contribution in [0.5, 0.6) is 0 Å². The van der Waals surface area contributed by atoms with E-state index in [0.717, 1.165) is 57.5 Å². The fraction of sp³-hybridized carbons (Fsp3) is 0.444. The van der Waals surface area contributed by atoms with Crippen LogP contribution < -0.4 is 15.8 Å². The van der Waals surface area contributed by atoms with Crippen molar-refractivity contribution >= 4 is 34.3 Å². The number of allylic oxidation sites excluding steroid dienone is 1. The molecule has 0 aromatic carbocycles. The van der Waals surface area contributed by atoms with Gasteiger partial charge in [0.15, 0.2) is 5.78 Å². The lowest BCUT2D eigenvalue weighted by molar-refractivity contribution is 0.101. The number of carbonyl (C=O) groups is 1. The number of ketones is 1. The highest BCUT2D eigenvalue weighted by molar-refractivity contribution is 5.99. The number of fused-ring (bicyclic) bond motifs is 1. The summed E-state index contributed by atoms with van der Waals surface area (Å²) in [4.78, 5) is 43.6. The van der Waals surface area contributed by atoms with Crippen molar-refractivity contribution in [3.63, 3.8) is 0 Å². The average molecular weight is 506 g/mol. The normalized spacial score (nSPS) is 17.0. The lowest BCUT2D eigenvalue weighted by Gasteiger charge is -2.35. The van der Waals surface area contributed by atoms with Gasteiger partial charge in [-0.05, 0) is 51.3 Å². The van der Waals surface area contributed by atoms with E-state index in [2.05, 4.69) is 20.2 Å². The second-order valence-electron chi connectivity index (χ2n) is 9.87. The maximum absolute atomic E-state index is 13.4. The number of hydrogen-bond acceptors (Lipinski definition) is 8. The Morgan fingerprint density at radius 1 is 1.08 bits per heavy atom. The standard InChI is InChI=1S/C27H32FN7O2/c1-17(28)16-33-10-12-34(13-11-33)21-8-9-23(29-14-21)31-27-30-15-22-18(2)24(19(3)36)26(37)35(25(22)32-27)20-6-4-5-7-20/h8-9,14-16,20H,4-7,10-13H2,1-3H3,(H,29,30,31,32). The van der Waals surface area contributed by atoms with Gasteiger partial charge in [-0.15, -0.1) is 0 Å². The predicted octanol–water partition coefficient (Wildman–Crippen LogP) is 4.51. The van der Waals surface area contributed by atoms with E-state index < -0.39 is 0 Å². The third-order valence-electron chi connectivity index (χ3n) is 7.28. The van der Waals surface area contributed by atoms with E-state index in [0.29, 0.717) is 28.4 Å². The van der Waals surface area contributed by atoms with Crippen LogP contribution in [0.3, 0.4) is 0 Å². The molecule has 194 valence electrons. The Morgan fingerprint density at radius 2 is 1.81 bits per heavy atom. The number of rotatable bonds is 6. The molecular formula is C27H32FN7O2. The number of nitrogens with one attached hydrogen (secondary N) is 1. The molecule has 1 saturated carbocycles. The van der Waals surface area contributed by atoms with Gasteiger partial charge in [0.25, 0.3) is 5.56 Å². The molecule has 1 saturated heterocycles. The third kappa shape index (κ3) is 5.05. The summed E-state index contributed by atoms with van der Waals surface area (Å²) in [6, 6.07) is 3.88. The Balaban J connectivity index is 1.40. The number of Topliss-reactive ketones (excluding diaryl/α,β-unsaturated/α-hetero) is 1. The minimum atomic E-state index is -0.270. The van der Waals surface area contributed by atoms with Crippen molar-refractivity contribution < 1.29 is 9.18 Å². The maximum atomic E-state index is 13.4. The molecule has 1 N–H and O–H groups in total. The molecule has 3 aromatic heterocycles. The van der Waals surface area contributed by atoms with Gasteiger partial charge in [-0.25, -0.2) is 14.4 Å². The van der Waals surface area contributed by atoms with E-state index in [-0.39, 0.29) is 28.8 Å². The Morgan fingerprint density at radius 3 is 2.43 bits per heavy atom. The van der Waals surface area contributed by atoms with Gasteiger partial charge in [-0.2, -0.15) is 4.98 Å². The maximum Gasteiger partial charge on any atom is 0.263 e. The van der Waals surface area contributed by atoms with E-state index in [9.17, 15) is 14.0 Å². The molecule has 37 heavy (non-hydrogen) atoms. The fourth-order valence-corrected chi connectivity index (χ4v) is 5.43. The first-order valence-electron chi connectivity index (χ1n) is 12.8. The number of nitrogens with zero attached hydrogens (tertiary/aromatic N) is 6. The number of anilines is 3. The van der Waals surface area contributed by atoms with Crippen molar-refractivity contribution in [2.45, 2.75) is 52.5 Å². The Labute approximate surface area is 215 Å². The van der Waals surface area contributed by atoms with E-state index in [4.69, 9.17) is 4.98 Å². The second kappa shape index (κ2) is 10.3. The van der Waals surface area contributed by atoms with Crippen molar-refractivity contribution in [3.8, 4) is 0 Å². The topological polar surface area (TPSA) is 96.2 Å². The largest absolute Gasteiger partial charge is 0.372 e. The highest BCUT2D eigenvalue weighted by Gasteiger charge is 2.26. The molecule has 0 bridgehead atoms. The summed E-state index contributed by atoms with van der Waals surface area (Å²) in [7, 11) is 0. The quantitative estimate of drug-likeness (QED) is 0.489. The van der Waals surface area contributed by atoms with Crippen LogP contribution in [0.1, 0.15) is 61.5 Å². The van der Waals surface area contributed by atoms with Crippen LogP contribution in [0, 0.1) is 6.92 Å². The van der Waals surface area contributed by atoms with Crippen LogP contribution in [-0.4, -0.2) is 56.4 Å². The first-order valence-corrected chi connectivity index (χ1v) is 12.8. The third-order valence-corrected chi connectivity index (χ3v) is 7.28. The highest BCUT2D eigenvalue weighted by Crippen LogP contribution is 2.32. The summed E-state index contributed by atoms with van der Waals surface area (Å²) in [6.07, 6.45) is 8.92. The number of halogens is 1. The molecule has 0 spiro atoms. The zero-order valence-corrected chi connectivity index (χ0v) is 21.5. The van der Waals surface area contributed by atoms with Crippen LogP contribution in [0.2, 0.25) is 0 Å². The summed E-state index contributed by atoms with van der Waals surface area (Å²) in [5.41, 5.74) is 2.11. The van der Waals surface area contributed by atoms with Crippen molar-refractivity contribution in [1.29, 1.82) is 0 Å². The van der Waals surface area contributed by atoms with Crippen molar-refractivity contribution in [2.75, 3.05) is 36.4 Å². The molecule has 0 radical (unpaired) electrons. The summed E-state index contributed by atoms with van der Waals surface area (Å²) in [5, 5.41) is 3.87. The minimum absolute atomic E-state index is 0.0265. The molecule has 2 fully saturated rings. The van der Waals surface area contributed by atoms with Gasteiger partial charge >= 0.3 is 0 Å². The predicted molar refractivity (Wildman–Crippen MR) is 142 cm³/mol. The summed E-state index contributed by atoms with van der Waals surface area (Å²) < 4.78 is 14.9. The lowest BCUT2D eigenvalue weighted by Crippen LogP contribution is -2.44.